The van der Waals surface area contributed by atoms with Crippen LogP contribution in [0.5, 0.6) is 0 Å². The van der Waals surface area contributed by atoms with Gasteiger partial charge in [0.05, 0.1) is 10.4 Å². The van der Waals surface area contributed by atoms with Gasteiger partial charge in [0.25, 0.3) is 0 Å². The molecule has 0 aliphatic carbocycles. The molecule has 7 nitrogen and oxygen atoms in total. The van der Waals surface area contributed by atoms with E-state index in [2.05, 4.69) is 9.97 Å². The molecule has 5 rings (SSSR count). The summed E-state index contributed by atoms with van der Waals surface area (Å²) in [6.45, 7) is 1.73. The van der Waals surface area contributed by atoms with Gasteiger partial charge in [0.15, 0.2) is 0 Å². The van der Waals surface area contributed by atoms with Crippen LogP contribution in [0.3, 0.4) is 0 Å². The van der Waals surface area contributed by atoms with Crippen molar-refractivity contribution in [2.24, 2.45) is 0 Å². The summed E-state index contributed by atoms with van der Waals surface area (Å²) in [7, 11) is -3.60. The smallest absolute Gasteiger partial charge is 0.243 e. The summed E-state index contributed by atoms with van der Waals surface area (Å²) >= 11 is 0. The number of nitrogens with two attached hydrogens (primary N) is 1. The molecule has 31 heavy (non-hydrogen) atoms. The molecule has 160 valence electrons. The Morgan fingerprint density at radius 1 is 0.774 bits per heavy atom. The Bertz CT molecular complexity index is 1350. The Morgan fingerprint density at radius 2 is 1.42 bits per heavy atom. The highest BCUT2D eigenvalue weighted by Gasteiger charge is 2.30. The van der Waals surface area contributed by atoms with Crippen molar-refractivity contribution < 1.29 is 8.42 Å². The Balaban J connectivity index is 0.00000231. The third-order valence-electron chi connectivity index (χ3n) is 5.51. The van der Waals surface area contributed by atoms with Crippen molar-refractivity contribution in [2.45, 2.75) is 4.90 Å². The standard InChI is InChI=1S/C22H21N5O2S.ClH/c23-21-18-9-3-4-10-19(18)24-22(25-21)26-12-14-27(15-13-26)30(28,29)20-11-5-7-16-6-1-2-8-17(16)20;/h1-11H,12-15H2,(H2,23,24,25);1H. The molecule has 0 radical (unpaired) electrons. The molecule has 2 N–H and O–H groups in total. The van der Waals surface area contributed by atoms with Gasteiger partial charge in [-0.25, -0.2) is 13.4 Å². The minimum Gasteiger partial charge on any atom is -0.383 e. The molecular formula is C22H22ClN5O2S. The molecule has 9 heteroatoms. The van der Waals surface area contributed by atoms with E-state index in [0.717, 1.165) is 21.7 Å². The summed E-state index contributed by atoms with van der Waals surface area (Å²) in [6.07, 6.45) is 0. The number of anilines is 2. The molecule has 2 heterocycles. The SMILES string of the molecule is Cl.Nc1nc(N2CCN(S(=O)(=O)c3cccc4ccccc34)CC2)nc2ccccc12. The number of sulfonamides is 1. The van der Waals surface area contributed by atoms with Gasteiger partial charge in [0.1, 0.15) is 5.82 Å². The quantitative estimate of drug-likeness (QED) is 0.509. The number of aromatic nitrogens is 2. The first-order valence-corrected chi connectivity index (χ1v) is 11.2. The van der Waals surface area contributed by atoms with E-state index in [1.807, 2.05) is 59.5 Å². The van der Waals surface area contributed by atoms with Crippen LogP contribution in [0.4, 0.5) is 11.8 Å². The van der Waals surface area contributed by atoms with Gasteiger partial charge in [-0.3, -0.25) is 0 Å². The maximum Gasteiger partial charge on any atom is 0.243 e. The minimum absolute atomic E-state index is 0. The van der Waals surface area contributed by atoms with Gasteiger partial charge in [0.2, 0.25) is 16.0 Å². The van der Waals surface area contributed by atoms with Gasteiger partial charge in [-0.05, 0) is 23.6 Å². The largest absolute Gasteiger partial charge is 0.383 e. The van der Waals surface area contributed by atoms with Gasteiger partial charge in [-0.15, -0.1) is 12.4 Å². The molecule has 0 unspecified atom stereocenters. The van der Waals surface area contributed by atoms with Crippen LogP contribution in [-0.4, -0.2) is 48.9 Å². The van der Waals surface area contributed by atoms with E-state index >= 15 is 0 Å². The summed E-state index contributed by atoms with van der Waals surface area (Å²) < 4.78 is 28.2. The second kappa shape index (κ2) is 8.30. The molecule has 1 saturated heterocycles. The average Bonchev–Trinajstić information content (AvgIpc) is 2.79. The molecule has 4 aromatic rings. The molecule has 1 fully saturated rings. The third-order valence-corrected chi connectivity index (χ3v) is 7.47. The second-order valence-electron chi connectivity index (χ2n) is 7.29. The van der Waals surface area contributed by atoms with Crippen molar-refractivity contribution in [3.8, 4) is 0 Å². The number of rotatable bonds is 3. The second-order valence-corrected chi connectivity index (χ2v) is 9.20. The lowest BCUT2D eigenvalue weighted by molar-refractivity contribution is 0.383. The normalized spacial score (nSPS) is 15.2. The molecule has 0 atom stereocenters. The highest BCUT2D eigenvalue weighted by Crippen LogP contribution is 2.27. The van der Waals surface area contributed by atoms with Crippen LogP contribution >= 0.6 is 12.4 Å². The predicted molar refractivity (Wildman–Crippen MR) is 126 cm³/mol. The van der Waals surface area contributed by atoms with E-state index in [1.165, 1.54) is 4.31 Å². The predicted octanol–water partition coefficient (Wildman–Crippen LogP) is 3.30. The number of nitrogen functional groups attached to an aromatic ring is 1. The summed E-state index contributed by atoms with van der Waals surface area (Å²) in [5.41, 5.74) is 6.89. The van der Waals surface area contributed by atoms with Crippen molar-refractivity contribution in [1.82, 2.24) is 14.3 Å². The fraction of sp³-hybridized carbons (Fsp3) is 0.182. The lowest BCUT2D eigenvalue weighted by Gasteiger charge is -2.34. The zero-order valence-corrected chi connectivity index (χ0v) is 18.3. The Morgan fingerprint density at radius 3 is 2.19 bits per heavy atom. The summed E-state index contributed by atoms with van der Waals surface area (Å²) in [5, 5.41) is 2.48. The maximum atomic E-state index is 13.3. The number of hydrogen-bond acceptors (Lipinski definition) is 6. The first-order chi connectivity index (χ1) is 14.5. The summed E-state index contributed by atoms with van der Waals surface area (Å²) in [4.78, 5) is 11.4. The van der Waals surface area contributed by atoms with Crippen LogP contribution in [0.2, 0.25) is 0 Å². The number of para-hydroxylation sites is 1. The fourth-order valence-corrected chi connectivity index (χ4v) is 5.55. The van der Waals surface area contributed by atoms with Crippen LogP contribution in [0.1, 0.15) is 0 Å². The van der Waals surface area contributed by atoms with E-state index < -0.39 is 10.0 Å². The lowest BCUT2D eigenvalue weighted by atomic mass is 10.1. The highest BCUT2D eigenvalue weighted by atomic mass is 35.5. The van der Waals surface area contributed by atoms with Crippen LogP contribution in [-0.2, 0) is 10.0 Å². The topological polar surface area (TPSA) is 92.4 Å². The Kier molecular flexibility index (Phi) is 5.70. The third kappa shape index (κ3) is 3.78. The maximum absolute atomic E-state index is 13.3. The van der Waals surface area contributed by atoms with Gasteiger partial charge < -0.3 is 10.6 Å². The first kappa shape index (κ1) is 21.3. The molecule has 3 aromatic carbocycles. The number of benzene rings is 3. The van der Waals surface area contributed by atoms with Gasteiger partial charge in [-0.2, -0.15) is 9.29 Å². The molecule has 1 aliphatic rings. The number of fused-ring (bicyclic) bond motifs is 2. The van der Waals surface area contributed by atoms with E-state index in [1.54, 1.807) is 12.1 Å². The molecule has 1 aliphatic heterocycles. The van der Waals surface area contributed by atoms with Gasteiger partial charge >= 0.3 is 0 Å². The first-order valence-electron chi connectivity index (χ1n) is 9.79. The van der Waals surface area contributed by atoms with Crippen molar-refractivity contribution in [2.75, 3.05) is 36.8 Å². The minimum atomic E-state index is -3.60. The molecule has 0 saturated carbocycles. The van der Waals surface area contributed by atoms with Crippen molar-refractivity contribution in [3.05, 3.63) is 66.7 Å². The number of nitrogens with zero attached hydrogens (tertiary/aromatic N) is 4. The molecule has 0 amide bonds. The van der Waals surface area contributed by atoms with Crippen LogP contribution in [0.25, 0.3) is 21.7 Å². The van der Waals surface area contributed by atoms with Gasteiger partial charge in [-0.1, -0.05) is 48.5 Å². The van der Waals surface area contributed by atoms with Crippen molar-refractivity contribution in [3.63, 3.8) is 0 Å². The Hall–Kier alpha value is -2.94. The van der Waals surface area contributed by atoms with E-state index in [4.69, 9.17) is 5.73 Å². The fourth-order valence-electron chi connectivity index (χ4n) is 3.92. The molecule has 0 spiro atoms. The van der Waals surface area contributed by atoms with E-state index in [0.29, 0.717) is 42.8 Å². The van der Waals surface area contributed by atoms with Crippen LogP contribution in [0, 0.1) is 0 Å². The highest BCUT2D eigenvalue weighted by molar-refractivity contribution is 7.89. The average molecular weight is 456 g/mol. The van der Waals surface area contributed by atoms with Crippen LogP contribution < -0.4 is 10.6 Å². The Labute approximate surface area is 187 Å². The zero-order chi connectivity index (χ0) is 20.7. The number of halogens is 1. The van der Waals surface area contributed by atoms with Crippen LogP contribution in [0.15, 0.2) is 71.6 Å². The summed E-state index contributed by atoms with van der Waals surface area (Å²) in [6, 6.07) is 20.5. The van der Waals surface area contributed by atoms with Gasteiger partial charge in [0, 0.05) is 37.0 Å². The molecule has 0 bridgehead atoms. The molecule has 1 aromatic heterocycles. The monoisotopic (exact) mass is 455 g/mol. The van der Waals surface area contributed by atoms with E-state index in [-0.39, 0.29) is 12.4 Å². The number of piperazine rings is 1. The molecular weight excluding hydrogens is 434 g/mol. The number of hydrogen-bond donors (Lipinski definition) is 1. The zero-order valence-electron chi connectivity index (χ0n) is 16.7. The van der Waals surface area contributed by atoms with Crippen molar-refractivity contribution in [1.29, 1.82) is 0 Å². The lowest BCUT2D eigenvalue weighted by Crippen LogP contribution is -2.49. The van der Waals surface area contributed by atoms with E-state index in [9.17, 15) is 8.42 Å². The van der Waals surface area contributed by atoms with Crippen molar-refractivity contribution >= 4 is 55.9 Å². The summed E-state index contributed by atoms with van der Waals surface area (Å²) in [5.74, 6) is 0.967.